The summed E-state index contributed by atoms with van der Waals surface area (Å²) in [5.74, 6) is 0.969. The van der Waals surface area contributed by atoms with E-state index in [0.717, 1.165) is 31.9 Å². The minimum atomic E-state index is 0.705. The molecule has 1 unspecified atom stereocenters. The number of rotatable bonds is 6. The molecule has 1 N–H and O–H groups in total. The minimum Gasteiger partial charge on any atom is -0.494 e. The van der Waals surface area contributed by atoms with Gasteiger partial charge in [-0.2, -0.15) is 0 Å². The fourth-order valence-corrected chi connectivity index (χ4v) is 2.62. The van der Waals surface area contributed by atoms with Crippen LogP contribution in [0.2, 0.25) is 0 Å². The molecule has 1 aromatic rings. The number of benzene rings is 1. The molecule has 0 radical (unpaired) electrons. The normalized spacial score (nSPS) is 19.6. The maximum Gasteiger partial charge on any atom is 0.119 e. The smallest absolute Gasteiger partial charge is 0.119 e. The van der Waals surface area contributed by atoms with Crippen molar-refractivity contribution >= 4 is 0 Å². The maximum atomic E-state index is 5.46. The van der Waals surface area contributed by atoms with Crippen molar-refractivity contribution in [2.45, 2.75) is 32.2 Å². The molecule has 0 saturated carbocycles. The van der Waals surface area contributed by atoms with Crippen molar-refractivity contribution in [1.29, 1.82) is 0 Å². The fourth-order valence-electron chi connectivity index (χ4n) is 2.62. The lowest BCUT2D eigenvalue weighted by atomic mass is 10.1. The molecule has 1 heterocycles. The zero-order chi connectivity index (χ0) is 13.5. The minimum absolute atomic E-state index is 0.705. The first-order valence-corrected chi connectivity index (χ1v) is 7.42. The van der Waals surface area contributed by atoms with Crippen molar-refractivity contribution in [3.63, 3.8) is 0 Å². The van der Waals surface area contributed by atoms with Gasteiger partial charge < -0.3 is 15.0 Å². The Hall–Kier alpha value is -1.06. The van der Waals surface area contributed by atoms with Crippen molar-refractivity contribution in [1.82, 2.24) is 10.2 Å². The molecular formula is C16H26N2O. The predicted molar refractivity (Wildman–Crippen MR) is 79.8 cm³/mol. The molecule has 0 aliphatic carbocycles. The van der Waals surface area contributed by atoms with Gasteiger partial charge in [0, 0.05) is 19.1 Å². The SMILES string of the molecule is CCOc1ccc(CCN(C)C2CCCNC2)cc1. The molecule has 1 aliphatic heterocycles. The summed E-state index contributed by atoms with van der Waals surface area (Å²) >= 11 is 0. The van der Waals surface area contributed by atoms with Crippen LogP contribution < -0.4 is 10.1 Å². The van der Waals surface area contributed by atoms with Gasteiger partial charge in [0.05, 0.1) is 6.61 Å². The Bertz CT molecular complexity index is 358. The zero-order valence-corrected chi connectivity index (χ0v) is 12.2. The number of ether oxygens (including phenoxy) is 1. The van der Waals surface area contributed by atoms with Gasteiger partial charge in [0.25, 0.3) is 0 Å². The van der Waals surface area contributed by atoms with E-state index in [2.05, 4.69) is 41.5 Å². The van der Waals surface area contributed by atoms with Gasteiger partial charge in [-0.3, -0.25) is 0 Å². The quantitative estimate of drug-likeness (QED) is 0.851. The van der Waals surface area contributed by atoms with Crippen LogP contribution in [0.25, 0.3) is 0 Å². The topological polar surface area (TPSA) is 24.5 Å². The Balaban J connectivity index is 1.77. The van der Waals surface area contributed by atoms with Crippen LogP contribution in [-0.2, 0) is 6.42 Å². The third-order valence-electron chi connectivity index (χ3n) is 3.88. The van der Waals surface area contributed by atoms with E-state index in [1.165, 1.54) is 24.9 Å². The number of nitrogens with one attached hydrogen (secondary N) is 1. The van der Waals surface area contributed by atoms with E-state index in [-0.39, 0.29) is 0 Å². The third-order valence-corrected chi connectivity index (χ3v) is 3.88. The van der Waals surface area contributed by atoms with E-state index in [1.807, 2.05) is 6.92 Å². The predicted octanol–water partition coefficient (Wildman–Crippen LogP) is 2.31. The van der Waals surface area contributed by atoms with Crippen molar-refractivity contribution in [2.24, 2.45) is 0 Å². The highest BCUT2D eigenvalue weighted by Crippen LogP contribution is 2.14. The van der Waals surface area contributed by atoms with Crippen molar-refractivity contribution in [3.8, 4) is 5.75 Å². The van der Waals surface area contributed by atoms with Crippen molar-refractivity contribution in [2.75, 3.05) is 33.3 Å². The largest absolute Gasteiger partial charge is 0.494 e. The van der Waals surface area contributed by atoms with Gasteiger partial charge in [0.1, 0.15) is 5.75 Å². The summed E-state index contributed by atoms with van der Waals surface area (Å²) in [4.78, 5) is 2.49. The standard InChI is InChI=1S/C16H26N2O/c1-3-19-16-8-6-14(7-9-16)10-12-18(2)15-5-4-11-17-13-15/h6-9,15,17H,3-5,10-13H2,1-2H3. The average molecular weight is 262 g/mol. The lowest BCUT2D eigenvalue weighted by Crippen LogP contribution is -2.44. The summed E-state index contributed by atoms with van der Waals surface area (Å²) < 4.78 is 5.46. The summed E-state index contributed by atoms with van der Waals surface area (Å²) in [6.07, 6.45) is 3.74. The van der Waals surface area contributed by atoms with E-state index in [9.17, 15) is 0 Å². The molecule has 19 heavy (non-hydrogen) atoms. The monoisotopic (exact) mass is 262 g/mol. The molecule has 1 fully saturated rings. The molecule has 1 atom stereocenters. The van der Waals surface area contributed by atoms with Crippen molar-refractivity contribution in [3.05, 3.63) is 29.8 Å². The molecule has 1 aromatic carbocycles. The van der Waals surface area contributed by atoms with Crippen LogP contribution in [-0.4, -0.2) is 44.2 Å². The second-order valence-electron chi connectivity index (χ2n) is 5.31. The maximum absolute atomic E-state index is 5.46. The summed E-state index contributed by atoms with van der Waals surface area (Å²) in [6.45, 7) is 6.20. The molecule has 3 nitrogen and oxygen atoms in total. The Labute approximate surface area is 116 Å². The number of hydrogen-bond donors (Lipinski definition) is 1. The molecule has 1 saturated heterocycles. The fraction of sp³-hybridized carbons (Fsp3) is 0.625. The van der Waals surface area contributed by atoms with Crippen LogP contribution in [0.5, 0.6) is 5.75 Å². The van der Waals surface area contributed by atoms with Crippen LogP contribution in [0.15, 0.2) is 24.3 Å². The molecule has 0 amide bonds. The lowest BCUT2D eigenvalue weighted by Gasteiger charge is -2.31. The first-order valence-electron chi connectivity index (χ1n) is 7.42. The highest BCUT2D eigenvalue weighted by atomic mass is 16.5. The van der Waals surface area contributed by atoms with E-state index in [1.54, 1.807) is 0 Å². The third kappa shape index (κ3) is 4.51. The molecule has 1 aliphatic rings. The van der Waals surface area contributed by atoms with E-state index in [4.69, 9.17) is 4.74 Å². The van der Waals surface area contributed by atoms with Gasteiger partial charge in [-0.05, 0) is 57.5 Å². The molecular weight excluding hydrogens is 236 g/mol. The summed E-state index contributed by atoms with van der Waals surface area (Å²) in [6, 6.07) is 9.20. The van der Waals surface area contributed by atoms with Gasteiger partial charge in [-0.25, -0.2) is 0 Å². The zero-order valence-electron chi connectivity index (χ0n) is 12.2. The Morgan fingerprint density at radius 3 is 2.74 bits per heavy atom. The van der Waals surface area contributed by atoms with E-state index in [0.29, 0.717) is 6.04 Å². The van der Waals surface area contributed by atoms with Gasteiger partial charge in [0.2, 0.25) is 0 Å². The van der Waals surface area contributed by atoms with Gasteiger partial charge in [-0.15, -0.1) is 0 Å². The van der Waals surface area contributed by atoms with Crippen molar-refractivity contribution < 1.29 is 4.74 Å². The Morgan fingerprint density at radius 2 is 2.11 bits per heavy atom. The van der Waals surface area contributed by atoms with E-state index >= 15 is 0 Å². The molecule has 3 heteroatoms. The second-order valence-corrected chi connectivity index (χ2v) is 5.31. The molecule has 2 rings (SSSR count). The first kappa shape index (κ1) is 14.4. The summed E-state index contributed by atoms with van der Waals surface area (Å²) in [5, 5.41) is 3.48. The van der Waals surface area contributed by atoms with E-state index < -0.39 is 0 Å². The molecule has 106 valence electrons. The summed E-state index contributed by atoms with van der Waals surface area (Å²) in [5.41, 5.74) is 1.39. The summed E-state index contributed by atoms with van der Waals surface area (Å²) in [7, 11) is 2.24. The Morgan fingerprint density at radius 1 is 1.32 bits per heavy atom. The Kier molecular flexibility index (Phi) is 5.67. The molecule has 0 spiro atoms. The highest BCUT2D eigenvalue weighted by molar-refractivity contribution is 5.27. The molecule has 0 bridgehead atoms. The van der Waals surface area contributed by atoms with Gasteiger partial charge >= 0.3 is 0 Å². The van der Waals surface area contributed by atoms with Gasteiger partial charge in [0.15, 0.2) is 0 Å². The highest BCUT2D eigenvalue weighted by Gasteiger charge is 2.16. The number of piperidine rings is 1. The van der Waals surface area contributed by atoms with Crippen LogP contribution >= 0.6 is 0 Å². The second kappa shape index (κ2) is 7.51. The number of likely N-dealkylation sites (N-methyl/N-ethyl adjacent to an activating group) is 1. The molecule has 0 aromatic heterocycles. The average Bonchev–Trinajstić information content (AvgIpc) is 2.47. The number of nitrogens with zero attached hydrogens (tertiary/aromatic N) is 1. The van der Waals surface area contributed by atoms with Crippen LogP contribution in [0.4, 0.5) is 0 Å². The van der Waals surface area contributed by atoms with Gasteiger partial charge in [-0.1, -0.05) is 12.1 Å². The first-order chi connectivity index (χ1) is 9.29. The van der Waals surface area contributed by atoms with Crippen LogP contribution in [0.1, 0.15) is 25.3 Å². The lowest BCUT2D eigenvalue weighted by molar-refractivity contribution is 0.205. The number of hydrogen-bond acceptors (Lipinski definition) is 3. The van der Waals surface area contributed by atoms with Crippen LogP contribution in [0.3, 0.4) is 0 Å². The van der Waals surface area contributed by atoms with Crippen LogP contribution in [0, 0.1) is 0 Å².